The van der Waals surface area contributed by atoms with E-state index in [2.05, 4.69) is 76.6 Å². The van der Waals surface area contributed by atoms with Crippen LogP contribution in [0, 0.1) is 6.92 Å². The number of halogens is 1. The van der Waals surface area contributed by atoms with Gasteiger partial charge in [-0.2, -0.15) is 0 Å². The van der Waals surface area contributed by atoms with Crippen molar-refractivity contribution in [3.8, 4) is 22.6 Å². The van der Waals surface area contributed by atoms with Crippen molar-refractivity contribution in [2.75, 3.05) is 19.5 Å². The smallest absolute Gasteiger partial charge is 0.341 e. The summed E-state index contributed by atoms with van der Waals surface area (Å²) in [6.45, 7) is 1.58. The Kier molecular flexibility index (Phi) is 9.09. The van der Waals surface area contributed by atoms with Gasteiger partial charge in [-0.1, -0.05) is 70.5 Å². The zero-order chi connectivity index (χ0) is 26.2. The Bertz CT molecular complexity index is 1400. The molecule has 0 aliphatic carbocycles. The Labute approximate surface area is 230 Å². The van der Waals surface area contributed by atoms with E-state index >= 15 is 0 Å². The SMILES string of the molecule is COc1cccc(-c2ccc(/C(=C/CSc3ccc(OCC(=O)O)c(C)c3)c3ccc(Br)cc3)cc2)c1. The first-order chi connectivity index (χ1) is 17.9. The van der Waals surface area contributed by atoms with Crippen molar-refractivity contribution in [2.24, 2.45) is 0 Å². The fraction of sp³-hybridized carbons (Fsp3) is 0.129. The highest BCUT2D eigenvalue weighted by atomic mass is 79.9. The molecule has 0 heterocycles. The van der Waals surface area contributed by atoms with Crippen LogP contribution in [0.15, 0.2) is 106 Å². The van der Waals surface area contributed by atoms with Gasteiger partial charge < -0.3 is 14.6 Å². The third kappa shape index (κ3) is 7.28. The summed E-state index contributed by atoms with van der Waals surface area (Å²) in [6, 6.07) is 30.8. The highest BCUT2D eigenvalue weighted by Gasteiger charge is 2.08. The molecule has 0 bridgehead atoms. The Balaban J connectivity index is 1.55. The van der Waals surface area contributed by atoms with Crippen LogP contribution >= 0.6 is 27.7 Å². The number of hydrogen-bond acceptors (Lipinski definition) is 4. The number of rotatable bonds is 10. The van der Waals surface area contributed by atoms with Gasteiger partial charge in [0, 0.05) is 15.1 Å². The van der Waals surface area contributed by atoms with Gasteiger partial charge in [-0.05, 0) is 82.8 Å². The summed E-state index contributed by atoms with van der Waals surface area (Å²) in [5.74, 6) is 1.22. The topological polar surface area (TPSA) is 55.8 Å². The van der Waals surface area contributed by atoms with Crippen LogP contribution in [0.1, 0.15) is 16.7 Å². The third-order valence-electron chi connectivity index (χ3n) is 5.79. The summed E-state index contributed by atoms with van der Waals surface area (Å²) in [6.07, 6.45) is 2.25. The van der Waals surface area contributed by atoms with Crippen LogP contribution in [-0.2, 0) is 4.79 Å². The van der Waals surface area contributed by atoms with Crippen molar-refractivity contribution in [1.82, 2.24) is 0 Å². The molecule has 37 heavy (non-hydrogen) atoms. The van der Waals surface area contributed by atoms with Crippen LogP contribution in [-0.4, -0.2) is 30.5 Å². The minimum absolute atomic E-state index is 0.344. The Morgan fingerprint density at radius 2 is 1.62 bits per heavy atom. The lowest BCUT2D eigenvalue weighted by atomic mass is 9.95. The number of methoxy groups -OCH3 is 1. The van der Waals surface area contributed by atoms with Crippen LogP contribution in [0.25, 0.3) is 16.7 Å². The second kappa shape index (κ2) is 12.7. The first-order valence-corrected chi connectivity index (χ1v) is 13.5. The predicted molar refractivity (Wildman–Crippen MR) is 155 cm³/mol. The van der Waals surface area contributed by atoms with Gasteiger partial charge in [-0.25, -0.2) is 4.79 Å². The number of aliphatic carboxylic acids is 1. The molecule has 0 aromatic heterocycles. The van der Waals surface area contributed by atoms with Gasteiger partial charge in [-0.15, -0.1) is 11.8 Å². The van der Waals surface area contributed by atoms with Gasteiger partial charge in [0.15, 0.2) is 6.61 Å². The van der Waals surface area contributed by atoms with Crippen LogP contribution in [0.4, 0.5) is 0 Å². The van der Waals surface area contributed by atoms with E-state index in [9.17, 15) is 4.79 Å². The minimum Gasteiger partial charge on any atom is -0.497 e. The van der Waals surface area contributed by atoms with Crippen molar-refractivity contribution >= 4 is 39.2 Å². The highest BCUT2D eigenvalue weighted by Crippen LogP contribution is 2.31. The summed E-state index contributed by atoms with van der Waals surface area (Å²) in [5, 5.41) is 8.84. The van der Waals surface area contributed by atoms with Crippen molar-refractivity contribution in [2.45, 2.75) is 11.8 Å². The maximum atomic E-state index is 10.8. The summed E-state index contributed by atoms with van der Waals surface area (Å²) in [5.41, 5.74) is 6.61. The zero-order valence-electron chi connectivity index (χ0n) is 20.6. The number of benzene rings is 4. The Morgan fingerprint density at radius 3 is 2.27 bits per heavy atom. The quantitative estimate of drug-likeness (QED) is 0.194. The maximum absolute atomic E-state index is 10.8. The van der Waals surface area contributed by atoms with Gasteiger partial charge in [0.25, 0.3) is 0 Å². The second-order valence-electron chi connectivity index (χ2n) is 8.35. The predicted octanol–water partition coefficient (Wildman–Crippen LogP) is 8.12. The van der Waals surface area contributed by atoms with E-state index in [0.717, 1.165) is 54.3 Å². The lowest BCUT2D eigenvalue weighted by molar-refractivity contribution is -0.139. The molecular formula is C31H27BrO4S. The highest BCUT2D eigenvalue weighted by molar-refractivity contribution is 9.10. The lowest BCUT2D eigenvalue weighted by Gasteiger charge is -2.12. The Morgan fingerprint density at radius 1 is 0.919 bits per heavy atom. The first kappa shape index (κ1) is 26.6. The summed E-state index contributed by atoms with van der Waals surface area (Å²) >= 11 is 5.26. The molecule has 0 spiro atoms. The van der Waals surface area contributed by atoms with Gasteiger partial charge >= 0.3 is 5.97 Å². The number of carboxylic acids is 1. The van der Waals surface area contributed by atoms with E-state index in [0.29, 0.717) is 5.75 Å². The fourth-order valence-electron chi connectivity index (χ4n) is 3.91. The van der Waals surface area contributed by atoms with Gasteiger partial charge in [0.1, 0.15) is 11.5 Å². The summed E-state index contributed by atoms with van der Waals surface area (Å²) < 4.78 is 11.8. The summed E-state index contributed by atoms with van der Waals surface area (Å²) in [7, 11) is 1.68. The standard InChI is InChI=1S/C31H27BrO4S/c1-21-18-28(14-15-30(21)36-20-31(33)34)37-17-16-29(24-10-12-26(32)13-11-24)23-8-6-22(7-9-23)25-4-3-5-27(19-25)35-2/h3-16,18-19H,17,20H2,1-2H3,(H,33,34)/b29-16-. The van der Waals surface area contributed by atoms with Gasteiger partial charge in [0.2, 0.25) is 0 Å². The normalized spacial score (nSPS) is 11.3. The fourth-order valence-corrected chi connectivity index (χ4v) is 5.04. The summed E-state index contributed by atoms with van der Waals surface area (Å²) in [4.78, 5) is 11.9. The molecule has 4 aromatic rings. The number of hydrogen-bond donors (Lipinski definition) is 1. The number of aryl methyl sites for hydroxylation is 1. The molecule has 4 aromatic carbocycles. The molecule has 1 N–H and O–H groups in total. The molecule has 4 nitrogen and oxygen atoms in total. The zero-order valence-corrected chi connectivity index (χ0v) is 23.0. The molecule has 0 aliphatic rings. The van der Waals surface area contributed by atoms with E-state index in [-0.39, 0.29) is 6.61 Å². The van der Waals surface area contributed by atoms with Crippen molar-refractivity contribution in [1.29, 1.82) is 0 Å². The largest absolute Gasteiger partial charge is 0.497 e. The van der Waals surface area contributed by atoms with Crippen LogP contribution in [0.2, 0.25) is 0 Å². The average Bonchev–Trinajstić information content (AvgIpc) is 2.91. The molecule has 0 amide bonds. The monoisotopic (exact) mass is 574 g/mol. The number of carboxylic acid groups (broad SMARTS) is 1. The van der Waals surface area contributed by atoms with E-state index in [1.807, 2.05) is 43.3 Å². The molecule has 6 heteroatoms. The molecule has 0 unspecified atom stereocenters. The van der Waals surface area contributed by atoms with Crippen molar-refractivity contribution in [3.05, 3.63) is 118 Å². The number of ether oxygens (including phenoxy) is 2. The Hall–Kier alpha value is -3.48. The van der Waals surface area contributed by atoms with E-state index < -0.39 is 5.97 Å². The maximum Gasteiger partial charge on any atom is 0.341 e. The van der Waals surface area contributed by atoms with Crippen molar-refractivity contribution in [3.63, 3.8) is 0 Å². The number of thioether (sulfide) groups is 1. The van der Waals surface area contributed by atoms with Crippen LogP contribution in [0.3, 0.4) is 0 Å². The van der Waals surface area contributed by atoms with E-state index in [4.69, 9.17) is 14.6 Å². The first-order valence-electron chi connectivity index (χ1n) is 11.7. The molecule has 0 atom stereocenters. The lowest BCUT2D eigenvalue weighted by Crippen LogP contribution is -2.09. The molecule has 0 aliphatic heterocycles. The van der Waals surface area contributed by atoms with E-state index in [1.54, 1.807) is 18.9 Å². The molecule has 0 radical (unpaired) electrons. The third-order valence-corrected chi connectivity index (χ3v) is 7.24. The number of carbonyl (C=O) groups is 1. The molecule has 0 fully saturated rings. The van der Waals surface area contributed by atoms with E-state index in [1.165, 1.54) is 0 Å². The molecule has 0 saturated heterocycles. The van der Waals surface area contributed by atoms with Crippen LogP contribution in [0.5, 0.6) is 11.5 Å². The second-order valence-corrected chi connectivity index (χ2v) is 10.4. The van der Waals surface area contributed by atoms with Gasteiger partial charge in [-0.3, -0.25) is 0 Å². The molecule has 4 rings (SSSR count). The van der Waals surface area contributed by atoms with Gasteiger partial charge in [0.05, 0.1) is 7.11 Å². The minimum atomic E-state index is -0.986. The molecular weight excluding hydrogens is 548 g/mol. The molecule has 188 valence electrons. The molecule has 0 saturated carbocycles. The van der Waals surface area contributed by atoms with Crippen molar-refractivity contribution < 1.29 is 19.4 Å². The van der Waals surface area contributed by atoms with Crippen LogP contribution < -0.4 is 9.47 Å². The average molecular weight is 576 g/mol.